The zero-order valence-electron chi connectivity index (χ0n) is 13.0. The Kier molecular flexibility index (Phi) is 5.87. The zero-order valence-corrected chi connectivity index (χ0v) is 14.6. The van der Waals surface area contributed by atoms with E-state index in [0.29, 0.717) is 23.7 Å². The summed E-state index contributed by atoms with van der Waals surface area (Å²) < 4.78 is 0.934. The van der Waals surface area contributed by atoms with Gasteiger partial charge in [-0.2, -0.15) is 0 Å². The number of hydrogen-bond acceptors (Lipinski definition) is 3. The molecule has 6 heteroatoms. The maximum Gasteiger partial charge on any atom is 0.269 e. The number of nitrogens with one attached hydrogen (secondary N) is 2. The van der Waals surface area contributed by atoms with E-state index in [2.05, 4.69) is 31.5 Å². The van der Waals surface area contributed by atoms with E-state index in [0.717, 1.165) is 4.47 Å². The first-order chi connectivity index (χ1) is 11.0. The number of nitrogens with zero attached hydrogens (tertiary/aromatic N) is 1. The molecule has 0 aliphatic carbocycles. The first-order valence-corrected chi connectivity index (χ1v) is 8.06. The lowest BCUT2D eigenvalue weighted by molar-refractivity contribution is 0.0944. The summed E-state index contributed by atoms with van der Waals surface area (Å²) in [4.78, 5) is 28.3. The topological polar surface area (TPSA) is 71.1 Å². The molecule has 120 valence electrons. The summed E-state index contributed by atoms with van der Waals surface area (Å²) in [5, 5.41) is 5.56. The molecule has 0 saturated heterocycles. The summed E-state index contributed by atoms with van der Waals surface area (Å²) >= 11 is 3.34. The molecule has 0 spiro atoms. The molecule has 0 fully saturated rings. The van der Waals surface area contributed by atoms with Crippen molar-refractivity contribution in [3.63, 3.8) is 0 Å². The molecule has 2 aromatic rings. The molecule has 0 aliphatic heterocycles. The van der Waals surface area contributed by atoms with Crippen LogP contribution in [0, 0.1) is 5.92 Å². The zero-order chi connectivity index (χ0) is 16.8. The Bertz CT molecular complexity index is 699. The first-order valence-electron chi connectivity index (χ1n) is 7.27. The molecule has 0 aliphatic rings. The van der Waals surface area contributed by atoms with Gasteiger partial charge in [0.1, 0.15) is 5.69 Å². The number of benzene rings is 1. The number of hydrogen-bond donors (Lipinski definition) is 2. The number of halogens is 1. The number of rotatable bonds is 5. The highest BCUT2D eigenvalue weighted by atomic mass is 79.9. The summed E-state index contributed by atoms with van der Waals surface area (Å²) in [5.41, 5.74) is 1.30. The van der Waals surface area contributed by atoms with Gasteiger partial charge in [0.05, 0.1) is 0 Å². The average Bonchev–Trinajstić information content (AvgIpc) is 2.54. The van der Waals surface area contributed by atoms with Crippen LogP contribution in [0.2, 0.25) is 0 Å². The van der Waals surface area contributed by atoms with Crippen LogP contribution < -0.4 is 10.6 Å². The van der Waals surface area contributed by atoms with Crippen molar-refractivity contribution in [1.82, 2.24) is 10.3 Å². The molecule has 1 heterocycles. The molecule has 0 atom stereocenters. The van der Waals surface area contributed by atoms with Crippen LogP contribution >= 0.6 is 15.9 Å². The number of amides is 2. The summed E-state index contributed by atoms with van der Waals surface area (Å²) in [7, 11) is 0. The van der Waals surface area contributed by atoms with Gasteiger partial charge < -0.3 is 10.6 Å². The lowest BCUT2D eigenvalue weighted by Gasteiger charge is -2.09. The third-order valence-electron chi connectivity index (χ3n) is 3.03. The van der Waals surface area contributed by atoms with Crippen LogP contribution in [0.3, 0.4) is 0 Å². The Morgan fingerprint density at radius 3 is 2.48 bits per heavy atom. The molecule has 23 heavy (non-hydrogen) atoms. The van der Waals surface area contributed by atoms with Gasteiger partial charge in [-0.15, -0.1) is 0 Å². The normalized spacial score (nSPS) is 10.4. The second kappa shape index (κ2) is 7.87. The van der Waals surface area contributed by atoms with E-state index in [-0.39, 0.29) is 17.5 Å². The van der Waals surface area contributed by atoms with E-state index in [4.69, 9.17) is 0 Å². The molecule has 1 aromatic heterocycles. The fourth-order valence-corrected chi connectivity index (χ4v) is 2.08. The lowest BCUT2D eigenvalue weighted by atomic mass is 10.2. The number of carbonyl (C=O) groups is 2. The van der Waals surface area contributed by atoms with E-state index in [1.807, 2.05) is 26.0 Å². The number of anilines is 1. The van der Waals surface area contributed by atoms with Crippen LogP contribution in [0.25, 0.3) is 0 Å². The van der Waals surface area contributed by atoms with Crippen molar-refractivity contribution in [3.05, 3.63) is 58.3 Å². The van der Waals surface area contributed by atoms with Gasteiger partial charge in [-0.3, -0.25) is 14.6 Å². The van der Waals surface area contributed by atoms with E-state index in [9.17, 15) is 9.59 Å². The number of carbonyl (C=O) groups excluding carboxylic acids is 2. The average molecular weight is 376 g/mol. The van der Waals surface area contributed by atoms with Crippen LogP contribution in [0.1, 0.15) is 34.7 Å². The van der Waals surface area contributed by atoms with Crippen molar-refractivity contribution >= 4 is 33.4 Å². The predicted molar refractivity (Wildman–Crippen MR) is 93.5 cm³/mol. The van der Waals surface area contributed by atoms with Crippen molar-refractivity contribution in [2.24, 2.45) is 5.92 Å². The van der Waals surface area contributed by atoms with Crippen LogP contribution in [0.15, 0.2) is 47.1 Å². The molecule has 0 bridgehead atoms. The van der Waals surface area contributed by atoms with Gasteiger partial charge in [0, 0.05) is 28.5 Å². The quantitative estimate of drug-likeness (QED) is 0.839. The van der Waals surface area contributed by atoms with Crippen LogP contribution in [-0.4, -0.2) is 23.3 Å². The largest absolute Gasteiger partial charge is 0.350 e. The SMILES string of the molecule is CC(C)CNC(=O)c1cc(C(=O)Nc2ccc(Br)cc2)ccn1. The summed E-state index contributed by atoms with van der Waals surface area (Å²) in [6, 6.07) is 10.3. The van der Waals surface area contributed by atoms with Crippen LogP contribution in [0.4, 0.5) is 5.69 Å². The minimum Gasteiger partial charge on any atom is -0.350 e. The second-order valence-corrected chi connectivity index (χ2v) is 6.41. The Morgan fingerprint density at radius 1 is 1.13 bits per heavy atom. The first kappa shape index (κ1) is 17.1. The highest BCUT2D eigenvalue weighted by Gasteiger charge is 2.12. The van der Waals surface area contributed by atoms with Gasteiger partial charge in [0.25, 0.3) is 11.8 Å². The minimum absolute atomic E-state index is 0.231. The molecular weight excluding hydrogens is 358 g/mol. The summed E-state index contributed by atoms with van der Waals surface area (Å²) in [6.07, 6.45) is 1.46. The fraction of sp³-hybridized carbons (Fsp3) is 0.235. The molecule has 2 N–H and O–H groups in total. The third-order valence-corrected chi connectivity index (χ3v) is 3.56. The lowest BCUT2D eigenvalue weighted by Crippen LogP contribution is -2.28. The Balaban J connectivity index is 2.07. The standard InChI is InChI=1S/C17H18BrN3O2/c1-11(2)10-20-17(23)15-9-12(7-8-19-15)16(22)21-14-5-3-13(18)4-6-14/h3-9,11H,10H2,1-2H3,(H,20,23)(H,21,22). The molecule has 2 rings (SSSR count). The second-order valence-electron chi connectivity index (χ2n) is 5.49. The van der Waals surface area contributed by atoms with Crippen molar-refractivity contribution in [3.8, 4) is 0 Å². The Labute approximate surface area is 143 Å². The highest BCUT2D eigenvalue weighted by Crippen LogP contribution is 2.15. The van der Waals surface area contributed by atoms with Crippen LogP contribution in [-0.2, 0) is 0 Å². The van der Waals surface area contributed by atoms with Crippen molar-refractivity contribution in [1.29, 1.82) is 0 Å². The third kappa shape index (κ3) is 5.17. The van der Waals surface area contributed by atoms with Gasteiger partial charge >= 0.3 is 0 Å². The molecule has 0 saturated carbocycles. The van der Waals surface area contributed by atoms with Gasteiger partial charge in [-0.1, -0.05) is 29.8 Å². The maximum atomic E-state index is 12.3. The van der Waals surface area contributed by atoms with E-state index < -0.39 is 0 Å². The maximum absolute atomic E-state index is 12.3. The number of aromatic nitrogens is 1. The van der Waals surface area contributed by atoms with E-state index >= 15 is 0 Å². The molecular formula is C17H18BrN3O2. The molecule has 2 amide bonds. The smallest absolute Gasteiger partial charge is 0.269 e. The summed E-state index contributed by atoms with van der Waals surface area (Å²) in [6.45, 7) is 4.58. The van der Waals surface area contributed by atoms with Gasteiger partial charge in [-0.25, -0.2) is 0 Å². The number of pyridine rings is 1. The molecule has 0 radical (unpaired) electrons. The molecule has 5 nitrogen and oxygen atoms in total. The Hall–Kier alpha value is -2.21. The molecule has 0 unspecified atom stereocenters. The monoisotopic (exact) mass is 375 g/mol. The minimum atomic E-state index is -0.285. The van der Waals surface area contributed by atoms with Gasteiger partial charge in [0.2, 0.25) is 0 Å². The predicted octanol–water partition coefficient (Wildman–Crippen LogP) is 3.48. The van der Waals surface area contributed by atoms with Crippen molar-refractivity contribution in [2.75, 3.05) is 11.9 Å². The molecule has 1 aromatic carbocycles. The Morgan fingerprint density at radius 2 is 1.83 bits per heavy atom. The van der Waals surface area contributed by atoms with Gasteiger partial charge in [0.15, 0.2) is 0 Å². The summed E-state index contributed by atoms with van der Waals surface area (Å²) in [5.74, 6) is -0.215. The van der Waals surface area contributed by atoms with E-state index in [1.54, 1.807) is 18.2 Å². The van der Waals surface area contributed by atoms with E-state index in [1.165, 1.54) is 12.3 Å². The fourth-order valence-electron chi connectivity index (χ4n) is 1.82. The van der Waals surface area contributed by atoms with Crippen molar-refractivity contribution < 1.29 is 9.59 Å². The van der Waals surface area contributed by atoms with Gasteiger partial charge in [-0.05, 0) is 42.3 Å². The highest BCUT2D eigenvalue weighted by molar-refractivity contribution is 9.10. The van der Waals surface area contributed by atoms with Crippen molar-refractivity contribution in [2.45, 2.75) is 13.8 Å². The van der Waals surface area contributed by atoms with Crippen LogP contribution in [0.5, 0.6) is 0 Å².